The molecule has 3 aromatic rings. The van der Waals surface area contributed by atoms with Gasteiger partial charge in [-0.25, -0.2) is 0 Å². The number of benzene rings is 1. The van der Waals surface area contributed by atoms with E-state index in [1.54, 1.807) is 22.5 Å². The van der Waals surface area contributed by atoms with Crippen molar-refractivity contribution in [1.29, 1.82) is 0 Å². The number of hydrogen-bond donors (Lipinski definition) is 1. The third-order valence-electron chi connectivity index (χ3n) is 4.00. The lowest BCUT2D eigenvalue weighted by Gasteiger charge is -2.21. The van der Waals surface area contributed by atoms with Gasteiger partial charge in [0.15, 0.2) is 0 Å². The number of carbonyl (C=O) groups excluding carboxylic acids is 2. The van der Waals surface area contributed by atoms with Crippen LogP contribution in [0.4, 0.5) is 5.69 Å². The molecule has 2 heterocycles. The van der Waals surface area contributed by atoms with E-state index in [1.807, 2.05) is 60.8 Å². The molecule has 0 aliphatic rings. The zero-order valence-corrected chi connectivity index (χ0v) is 17.2. The third kappa shape index (κ3) is 6.28. The summed E-state index contributed by atoms with van der Waals surface area (Å²) in [7, 11) is 0. The summed E-state index contributed by atoms with van der Waals surface area (Å²) in [6, 6.07) is 15.3. The maximum Gasteiger partial charge on any atom is 0.234 e. The number of aryl methyl sites for hydroxylation is 1. The summed E-state index contributed by atoms with van der Waals surface area (Å²) in [5.41, 5.74) is 1.90. The summed E-state index contributed by atoms with van der Waals surface area (Å²) < 4.78 is 5.39. The molecule has 0 bridgehead atoms. The monoisotopic (exact) mass is 414 g/mol. The lowest BCUT2D eigenvalue weighted by molar-refractivity contribution is -0.129. The van der Waals surface area contributed by atoms with Crippen LogP contribution < -0.4 is 5.32 Å². The van der Waals surface area contributed by atoms with Crippen molar-refractivity contribution in [2.24, 2.45) is 0 Å². The van der Waals surface area contributed by atoms with Crippen LogP contribution in [0.1, 0.15) is 16.2 Å². The number of thiophene rings is 1. The molecule has 28 heavy (non-hydrogen) atoms. The Morgan fingerprint density at radius 3 is 2.57 bits per heavy atom. The molecule has 0 aliphatic heterocycles. The normalized spacial score (nSPS) is 10.6. The second-order valence-electron chi connectivity index (χ2n) is 6.32. The third-order valence-corrected chi connectivity index (χ3v) is 5.78. The number of thioether (sulfide) groups is 1. The second-order valence-corrected chi connectivity index (χ2v) is 8.33. The first kappa shape index (κ1) is 20.2. The van der Waals surface area contributed by atoms with E-state index in [9.17, 15) is 9.59 Å². The molecule has 0 spiro atoms. The van der Waals surface area contributed by atoms with Gasteiger partial charge in [0, 0.05) is 10.6 Å². The lowest BCUT2D eigenvalue weighted by atomic mass is 10.2. The van der Waals surface area contributed by atoms with Crippen LogP contribution in [0.25, 0.3) is 0 Å². The summed E-state index contributed by atoms with van der Waals surface area (Å²) in [5.74, 6) is 1.09. The molecule has 1 aromatic carbocycles. The predicted molar refractivity (Wildman–Crippen MR) is 114 cm³/mol. The maximum absolute atomic E-state index is 12.7. The average molecular weight is 415 g/mol. The molecular formula is C21H22N2O3S2. The van der Waals surface area contributed by atoms with E-state index in [2.05, 4.69) is 5.32 Å². The van der Waals surface area contributed by atoms with Gasteiger partial charge in [0.2, 0.25) is 11.8 Å². The molecular weight excluding hydrogens is 392 g/mol. The standard InChI is InChI=1S/C21H22N2O3S2/c1-16-6-8-17(9-7-16)22-20(24)14-27-15-21(25)23(12-18-4-2-10-26-18)13-19-5-3-11-28-19/h2-11H,12-15H2,1H3,(H,22,24). The van der Waals surface area contributed by atoms with E-state index < -0.39 is 0 Å². The molecule has 2 amide bonds. The Kier molecular flexibility index (Phi) is 7.33. The molecule has 0 radical (unpaired) electrons. The van der Waals surface area contributed by atoms with Crippen LogP contribution in [0.2, 0.25) is 0 Å². The Hall–Kier alpha value is -2.51. The summed E-state index contributed by atoms with van der Waals surface area (Å²) >= 11 is 2.93. The van der Waals surface area contributed by atoms with Gasteiger partial charge in [0.25, 0.3) is 0 Å². The van der Waals surface area contributed by atoms with Crippen molar-refractivity contribution in [3.63, 3.8) is 0 Å². The van der Waals surface area contributed by atoms with Crippen molar-refractivity contribution in [3.8, 4) is 0 Å². The topological polar surface area (TPSA) is 62.6 Å². The fourth-order valence-electron chi connectivity index (χ4n) is 2.57. The number of hydrogen-bond acceptors (Lipinski definition) is 5. The minimum Gasteiger partial charge on any atom is -0.467 e. The van der Waals surface area contributed by atoms with Gasteiger partial charge in [-0.1, -0.05) is 23.8 Å². The number of nitrogens with one attached hydrogen (secondary N) is 1. The Labute approximate surface area is 172 Å². The summed E-state index contributed by atoms with van der Waals surface area (Å²) in [6.45, 7) is 2.95. The van der Waals surface area contributed by atoms with Gasteiger partial charge in [-0.05, 0) is 42.6 Å². The number of furan rings is 1. The van der Waals surface area contributed by atoms with Crippen molar-refractivity contribution in [2.75, 3.05) is 16.8 Å². The zero-order chi connectivity index (χ0) is 19.8. The zero-order valence-electron chi connectivity index (χ0n) is 15.6. The Morgan fingerprint density at radius 1 is 1.07 bits per heavy atom. The van der Waals surface area contributed by atoms with Crippen molar-refractivity contribution < 1.29 is 14.0 Å². The van der Waals surface area contributed by atoms with Crippen LogP contribution in [-0.4, -0.2) is 28.2 Å². The van der Waals surface area contributed by atoms with Crippen LogP contribution >= 0.6 is 23.1 Å². The van der Waals surface area contributed by atoms with Gasteiger partial charge in [-0.15, -0.1) is 23.1 Å². The highest BCUT2D eigenvalue weighted by molar-refractivity contribution is 8.00. The van der Waals surface area contributed by atoms with Gasteiger partial charge in [0.05, 0.1) is 30.9 Å². The molecule has 7 heteroatoms. The minimum absolute atomic E-state index is 0.0158. The van der Waals surface area contributed by atoms with Crippen molar-refractivity contribution in [1.82, 2.24) is 4.90 Å². The van der Waals surface area contributed by atoms with Gasteiger partial charge < -0.3 is 14.6 Å². The van der Waals surface area contributed by atoms with E-state index in [-0.39, 0.29) is 23.3 Å². The van der Waals surface area contributed by atoms with Gasteiger partial charge in [0.1, 0.15) is 5.76 Å². The van der Waals surface area contributed by atoms with E-state index in [0.717, 1.165) is 21.9 Å². The van der Waals surface area contributed by atoms with Crippen LogP contribution in [-0.2, 0) is 22.7 Å². The molecule has 0 aliphatic carbocycles. The minimum atomic E-state index is -0.113. The second kappa shape index (κ2) is 10.1. The van der Waals surface area contributed by atoms with Crippen LogP contribution in [0.15, 0.2) is 64.6 Å². The number of anilines is 1. The largest absolute Gasteiger partial charge is 0.467 e. The molecule has 146 valence electrons. The maximum atomic E-state index is 12.7. The first-order valence-electron chi connectivity index (χ1n) is 8.87. The molecule has 0 saturated heterocycles. The first-order valence-corrected chi connectivity index (χ1v) is 10.9. The van der Waals surface area contributed by atoms with E-state index in [1.165, 1.54) is 11.8 Å². The van der Waals surface area contributed by atoms with E-state index in [0.29, 0.717) is 13.1 Å². The van der Waals surface area contributed by atoms with Crippen LogP contribution in [0, 0.1) is 6.92 Å². The van der Waals surface area contributed by atoms with Gasteiger partial charge in [-0.2, -0.15) is 0 Å². The molecule has 0 atom stereocenters. The van der Waals surface area contributed by atoms with Crippen LogP contribution in [0.5, 0.6) is 0 Å². The van der Waals surface area contributed by atoms with Crippen molar-refractivity contribution in [3.05, 3.63) is 76.4 Å². The Balaban J connectivity index is 1.49. The van der Waals surface area contributed by atoms with Crippen LogP contribution in [0.3, 0.4) is 0 Å². The van der Waals surface area contributed by atoms with E-state index in [4.69, 9.17) is 4.42 Å². The smallest absolute Gasteiger partial charge is 0.234 e. The molecule has 0 fully saturated rings. The van der Waals surface area contributed by atoms with Gasteiger partial charge in [-0.3, -0.25) is 9.59 Å². The first-order chi connectivity index (χ1) is 13.6. The number of nitrogens with zero attached hydrogens (tertiary/aromatic N) is 1. The molecule has 0 unspecified atom stereocenters. The number of carbonyl (C=O) groups is 2. The van der Waals surface area contributed by atoms with Crippen molar-refractivity contribution in [2.45, 2.75) is 20.0 Å². The fourth-order valence-corrected chi connectivity index (χ4v) is 4.01. The summed E-state index contributed by atoms with van der Waals surface area (Å²) in [4.78, 5) is 27.7. The molecule has 2 aromatic heterocycles. The average Bonchev–Trinajstić information content (AvgIpc) is 3.37. The number of rotatable bonds is 9. The Morgan fingerprint density at radius 2 is 1.89 bits per heavy atom. The molecule has 3 rings (SSSR count). The summed E-state index contributed by atoms with van der Waals surface area (Å²) in [6.07, 6.45) is 1.60. The SMILES string of the molecule is Cc1ccc(NC(=O)CSCC(=O)N(Cc2ccco2)Cc2cccs2)cc1. The fraction of sp³-hybridized carbons (Fsp3) is 0.238. The predicted octanol–water partition coefficient (Wildman–Crippen LogP) is 4.55. The molecule has 1 N–H and O–H groups in total. The highest BCUT2D eigenvalue weighted by Crippen LogP contribution is 2.17. The summed E-state index contributed by atoms with van der Waals surface area (Å²) in [5, 5.41) is 4.84. The number of amides is 2. The highest BCUT2D eigenvalue weighted by Gasteiger charge is 2.17. The Bertz CT molecular complexity index is 839. The van der Waals surface area contributed by atoms with Crippen molar-refractivity contribution >= 4 is 40.6 Å². The lowest BCUT2D eigenvalue weighted by Crippen LogP contribution is -2.31. The van der Waals surface area contributed by atoms with Gasteiger partial charge >= 0.3 is 0 Å². The quantitative estimate of drug-likeness (QED) is 0.558. The molecule has 5 nitrogen and oxygen atoms in total. The van der Waals surface area contributed by atoms with E-state index >= 15 is 0 Å². The highest BCUT2D eigenvalue weighted by atomic mass is 32.2. The molecule has 0 saturated carbocycles.